The summed E-state index contributed by atoms with van der Waals surface area (Å²) in [5, 5.41) is 2.24. The second kappa shape index (κ2) is 7.83. The van der Waals surface area contributed by atoms with Crippen molar-refractivity contribution in [3.8, 4) is 5.75 Å². The molecule has 2 aromatic carbocycles. The second-order valence-electron chi connectivity index (χ2n) is 5.42. The maximum atomic E-state index is 9.14. The minimum atomic E-state index is 0.720. The maximum absolute atomic E-state index is 9.14. The Labute approximate surface area is 135 Å². The lowest BCUT2D eigenvalue weighted by atomic mass is 10.1. The first kappa shape index (κ1) is 15.6. The average Bonchev–Trinajstić information content (AvgIpc) is 2.59. The number of nitrogens with zero attached hydrogens (tertiary/aromatic N) is 1. The fourth-order valence-electron chi connectivity index (χ4n) is 2.65. The highest BCUT2D eigenvalue weighted by molar-refractivity contribution is 7.93. The average molecular weight is 319 g/mol. The first-order chi connectivity index (χ1) is 10.8. The van der Waals surface area contributed by atoms with Crippen LogP contribution in [0.25, 0.3) is 10.8 Å². The maximum Gasteiger partial charge on any atom is 0.119 e. The zero-order valence-corrected chi connectivity index (χ0v) is 13.3. The molecule has 0 radical (unpaired) electrons. The van der Waals surface area contributed by atoms with Crippen molar-refractivity contribution < 1.29 is 14.0 Å². The van der Waals surface area contributed by atoms with Gasteiger partial charge in [-0.2, -0.15) is 0 Å². The molecule has 2 aromatic rings. The summed E-state index contributed by atoms with van der Waals surface area (Å²) in [5.41, 5.74) is 0. The molecule has 3 rings (SSSR count). The summed E-state index contributed by atoms with van der Waals surface area (Å²) in [6.07, 6.45) is 1.02. The molecule has 0 aliphatic carbocycles. The van der Waals surface area contributed by atoms with Gasteiger partial charge in [0.05, 0.1) is 19.8 Å². The molecule has 1 fully saturated rings. The molecule has 118 valence electrons. The van der Waals surface area contributed by atoms with Crippen molar-refractivity contribution in [3.63, 3.8) is 0 Å². The lowest BCUT2D eigenvalue weighted by molar-refractivity contribution is 0.0358. The third-order valence-corrected chi connectivity index (χ3v) is 4.34. The highest BCUT2D eigenvalue weighted by Crippen LogP contribution is 2.25. The molecule has 0 bridgehead atoms. The van der Waals surface area contributed by atoms with E-state index in [9.17, 15) is 0 Å². The van der Waals surface area contributed by atoms with E-state index in [1.165, 1.54) is 0 Å². The van der Waals surface area contributed by atoms with Crippen LogP contribution in [0.4, 0.5) is 0 Å². The fraction of sp³-hybridized carbons (Fsp3) is 0.412. The van der Waals surface area contributed by atoms with Gasteiger partial charge in [0.15, 0.2) is 0 Å². The molecule has 0 saturated carbocycles. The van der Waals surface area contributed by atoms with Crippen LogP contribution in [-0.4, -0.2) is 48.9 Å². The molecule has 1 heterocycles. The van der Waals surface area contributed by atoms with Gasteiger partial charge in [-0.3, -0.25) is 4.90 Å². The Morgan fingerprint density at radius 3 is 2.73 bits per heavy atom. The number of morpholine rings is 1. The van der Waals surface area contributed by atoms with Crippen molar-refractivity contribution in [2.45, 2.75) is 11.3 Å². The van der Waals surface area contributed by atoms with Gasteiger partial charge in [0.2, 0.25) is 0 Å². The molecule has 0 aromatic heterocycles. The van der Waals surface area contributed by atoms with Crippen molar-refractivity contribution in [2.24, 2.45) is 0 Å². The van der Waals surface area contributed by atoms with Gasteiger partial charge in [-0.1, -0.05) is 12.1 Å². The summed E-state index contributed by atoms with van der Waals surface area (Å²) < 4.78 is 20.3. The van der Waals surface area contributed by atoms with Gasteiger partial charge < -0.3 is 14.0 Å². The Kier molecular flexibility index (Phi) is 5.56. The Balaban J connectivity index is 1.52. The summed E-state index contributed by atoms with van der Waals surface area (Å²) in [4.78, 5) is 3.26. The lowest BCUT2D eigenvalue weighted by Crippen LogP contribution is -2.37. The molecule has 0 spiro atoms. The van der Waals surface area contributed by atoms with Crippen LogP contribution in [0.15, 0.2) is 41.3 Å². The monoisotopic (exact) mass is 319 g/mol. The van der Waals surface area contributed by atoms with Crippen LogP contribution >= 0.6 is 12.0 Å². The number of ether oxygens (including phenoxy) is 2. The predicted molar refractivity (Wildman–Crippen MR) is 89.8 cm³/mol. The third kappa shape index (κ3) is 4.14. The molecule has 0 amide bonds. The van der Waals surface area contributed by atoms with Crippen LogP contribution in [0.3, 0.4) is 0 Å². The van der Waals surface area contributed by atoms with Gasteiger partial charge in [-0.25, -0.2) is 0 Å². The summed E-state index contributed by atoms with van der Waals surface area (Å²) in [6, 6.07) is 12.0. The molecule has 1 aliphatic heterocycles. The summed E-state index contributed by atoms with van der Waals surface area (Å²) in [5.74, 6) is 0.884. The molecule has 5 heteroatoms. The van der Waals surface area contributed by atoms with Crippen LogP contribution in [0.1, 0.15) is 6.42 Å². The summed E-state index contributed by atoms with van der Waals surface area (Å²) >= 11 is 0.770. The van der Waals surface area contributed by atoms with Crippen LogP contribution < -0.4 is 4.74 Å². The van der Waals surface area contributed by atoms with Gasteiger partial charge in [-0.05, 0) is 41.5 Å². The molecule has 0 atom stereocenters. The zero-order valence-electron chi connectivity index (χ0n) is 12.5. The first-order valence-electron chi connectivity index (χ1n) is 7.63. The van der Waals surface area contributed by atoms with Gasteiger partial charge in [0.25, 0.3) is 0 Å². The number of hydrogen-bond donors (Lipinski definition) is 1. The van der Waals surface area contributed by atoms with E-state index < -0.39 is 0 Å². The van der Waals surface area contributed by atoms with E-state index in [4.69, 9.17) is 14.0 Å². The molecule has 1 N–H and O–H groups in total. The minimum Gasteiger partial charge on any atom is -0.494 e. The minimum absolute atomic E-state index is 0.720. The Hall–Kier alpha value is -1.27. The normalized spacial score (nSPS) is 16.0. The van der Waals surface area contributed by atoms with E-state index in [0.717, 1.165) is 79.3 Å². The first-order valence-corrected chi connectivity index (χ1v) is 8.40. The van der Waals surface area contributed by atoms with Crippen LogP contribution in [0.5, 0.6) is 5.75 Å². The van der Waals surface area contributed by atoms with E-state index in [2.05, 4.69) is 11.0 Å². The van der Waals surface area contributed by atoms with E-state index in [1.807, 2.05) is 30.3 Å². The standard InChI is InChI=1S/C17H21NO3S/c19-22-17-5-3-14-2-4-16(12-15(14)13-17)21-9-1-6-18-7-10-20-11-8-18/h2-5,12-13,19H,1,6-11H2. The third-order valence-electron chi connectivity index (χ3n) is 3.88. The number of hydrogen-bond acceptors (Lipinski definition) is 5. The Bertz CT molecular complexity index is 614. The smallest absolute Gasteiger partial charge is 0.119 e. The van der Waals surface area contributed by atoms with Crippen molar-refractivity contribution in [2.75, 3.05) is 39.5 Å². The molecular formula is C17H21NO3S. The number of fused-ring (bicyclic) bond motifs is 1. The predicted octanol–water partition coefficient (Wildman–Crippen LogP) is 3.51. The molecule has 22 heavy (non-hydrogen) atoms. The van der Waals surface area contributed by atoms with Crippen LogP contribution in [-0.2, 0) is 4.74 Å². The van der Waals surface area contributed by atoms with Crippen molar-refractivity contribution >= 4 is 22.8 Å². The van der Waals surface area contributed by atoms with Gasteiger partial charge in [0.1, 0.15) is 5.75 Å². The summed E-state index contributed by atoms with van der Waals surface area (Å²) in [6.45, 7) is 5.52. The highest BCUT2D eigenvalue weighted by atomic mass is 32.2. The summed E-state index contributed by atoms with van der Waals surface area (Å²) in [7, 11) is 0. The number of rotatable bonds is 6. The van der Waals surface area contributed by atoms with E-state index >= 15 is 0 Å². The van der Waals surface area contributed by atoms with E-state index in [0.29, 0.717) is 0 Å². The zero-order chi connectivity index (χ0) is 15.2. The second-order valence-corrected chi connectivity index (χ2v) is 6.07. The Morgan fingerprint density at radius 1 is 1.09 bits per heavy atom. The van der Waals surface area contributed by atoms with Crippen LogP contribution in [0.2, 0.25) is 0 Å². The van der Waals surface area contributed by atoms with Gasteiger partial charge >= 0.3 is 0 Å². The molecule has 1 saturated heterocycles. The van der Waals surface area contributed by atoms with Gasteiger partial charge in [-0.15, -0.1) is 0 Å². The SMILES string of the molecule is OSc1ccc2ccc(OCCCN3CCOCC3)cc2c1. The quantitative estimate of drug-likeness (QED) is 0.652. The molecule has 4 nitrogen and oxygen atoms in total. The van der Waals surface area contributed by atoms with E-state index in [-0.39, 0.29) is 0 Å². The van der Waals surface area contributed by atoms with Crippen LogP contribution in [0, 0.1) is 0 Å². The highest BCUT2D eigenvalue weighted by Gasteiger charge is 2.09. The largest absolute Gasteiger partial charge is 0.494 e. The van der Waals surface area contributed by atoms with Gasteiger partial charge in [0, 0.05) is 36.6 Å². The number of benzene rings is 2. The molecule has 1 aliphatic rings. The van der Waals surface area contributed by atoms with Crippen molar-refractivity contribution in [1.82, 2.24) is 4.90 Å². The van der Waals surface area contributed by atoms with Crippen molar-refractivity contribution in [3.05, 3.63) is 36.4 Å². The lowest BCUT2D eigenvalue weighted by Gasteiger charge is -2.26. The topological polar surface area (TPSA) is 41.9 Å². The molecular weight excluding hydrogens is 298 g/mol. The Morgan fingerprint density at radius 2 is 1.91 bits per heavy atom. The fourth-order valence-corrected chi connectivity index (χ4v) is 2.96. The van der Waals surface area contributed by atoms with E-state index in [1.54, 1.807) is 0 Å². The molecule has 0 unspecified atom stereocenters. The van der Waals surface area contributed by atoms with Crippen molar-refractivity contribution in [1.29, 1.82) is 0 Å².